The second-order valence-corrected chi connectivity index (χ2v) is 4.16. The van der Waals surface area contributed by atoms with Gasteiger partial charge in [0.15, 0.2) is 0 Å². The number of hydrogen-bond donors (Lipinski definition) is 1. The van der Waals surface area contributed by atoms with E-state index in [0.29, 0.717) is 6.61 Å². The second-order valence-electron chi connectivity index (χ2n) is 4.16. The maximum Gasteiger partial charge on any atom is 0.573 e. The van der Waals surface area contributed by atoms with E-state index in [1.807, 2.05) is 7.05 Å². The largest absolute Gasteiger partial charge is 0.573 e. The maximum absolute atomic E-state index is 12.0. The number of likely N-dealkylation sites (N-methyl/N-ethyl adjacent to an activating group) is 1. The fourth-order valence-corrected chi connectivity index (χ4v) is 1.72. The third-order valence-corrected chi connectivity index (χ3v) is 2.72. The summed E-state index contributed by atoms with van der Waals surface area (Å²) in [6.07, 6.45) is -3.08. The molecular formula is C13H18F3NO2. The van der Waals surface area contributed by atoms with Crippen LogP contribution in [-0.2, 0) is 11.2 Å². The normalized spacial score (nSPS) is 13.3. The summed E-state index contributed by atoms with van der Waals surface area (Å²) in [4.78, 5) is 0. The molecule has 0 bridgehead atoms. The molecule has 0 amide bonds. The molecule has 0 fully saturated rings. The minimum absolute atomic E-state index is 0.200. The van der Waals surface area contributed by atoms with E-state index >= 15 is 0 Å². The average molecular weight is 277 g/mol. The number of methoxy groups -OCH3 is 1. The Kier molecular flexibility index (Phi) is 6.11. The highest BCUT2D eigenvalue weighted by atomic mass is 19.4. The van der Waals surface area contributed by atoms with Gasteiger partial charge in [-0.15, -0.1) is 13.2 Å². The summed E-state index contributed by atoms with van der Waals surface area (Å²) < 4.78 is 44.8. The summed E-state index contributed by atoms with van der Waals surface area (Å²) >= 11 is 0. The van der Waals surface area contributed by atoms with Crippen LogP contribution in [0.2, 0.25) is 0 Å². The first-order valence-corrected chi connectivity index (χ1v) is 5.95. The predicted octanol–water partition coefficient (Wildman–Crippen LogP) is 2.75. The molecule has 108 valence electrons. The van der Waals surface area contributed by atoms with Gasteiger partial charge in [-0.25, -0.2) is 0 Å². The van der Waals surface area contributed by atoms with E-state index in [9.17, 15) is 13.2 Å². The molecule has 0 radical (unpaired) electrons. The van der Waals surface area contributed by atoms with Gasteiger partial charge < -0.3 is 14.8 Å². The van der Waals surface area contributed by atoms with Crippen LogP contribution in [0, 0.1) is 0 Å². The van der Waals surface area contributed by atoms with Crippen molar-refractivity contribution in [3.63, 3.8) is 0 Å². The van der Waals surface area contributed by atoms with Crippen molar-refractivity contribution in [2.75, 3.05) is 20.8 Å². The second kappa shape index (κ2) is 7.35. The Morgan fingerprint density at radius 3 is 2.32 bits per heavy atom. The van der Waals surface area contributed by atoms with E-state index in [1.54, 1.807) is 19.2 Å². The zero-order valence-electron chi connectivity index (χ0n) is 11.0. The predicted molar refractivity (Wildman–Crippen MR) is 66.2 cm³/mol. The molecule has 1 rings (SSSR count). The smallest absolute Gasteiger partial charge is 0.406 e. The molecule has 0 aliphatic rings. The van der Waals surface area contributed by atoms with Gasteiger partial charge in [0.1, 0.15) is 5.75 Å². The SMILES string of the molecule is CNC(CCOC)Cc1ccc(OC(F)(F)F)cc1. The van der Waals surface area contributed by atoms with Gasteiger partial charge in [0.2, 0.25) is 0 Å². The Balaban J connectivity index is 2.55. The van der Waals surface area contributed by atoms with Crippen LogP contribution in [0.25, 0.3) is 0 Å². The Labute approximate surface area is 110 Å². The van der Waals surface area contributed by atoms with Gasteiger partial charge in [0.05, 0.1) is 0 Å². The highest BCUT2D eigenvalue weighted by Crippen LogP contribution is 2.23. The Morgan fingerprint density at radius 2 is 1.84 bits per heavy atom. The summed E-state index contributed by atoms with van der Waals surface area (Å²) in [6, 6.07) is 6.16. The minimum Gasteiger partial charge on any atom is -0.406 e. The van der Waals surface area contributed by atoms with Crippen LogP contribution >= 0.6 is 0 Å². The Morgan fingerprint density at radius 1 is 1.21 bits per heavy atom. The van der Waals surface area contributed by atoms with Crippen LogP contribution in [-0.4, -0.2) is 33.2 Å². The standard InChI is InChI=1S/C13H18F3NO2/c1-17-11(7-8-18-2)9-10-3-5-12(6-4-10)19-13(14,15)16/h3-6,11,17H,7-9H2,1-2H3. The van der Waals surface area contributed by atoms with Crippen LogP contribution < -0.4 is 10.1 Å². The Hall–Kier alpha value is -1.27. The fourth-order valence-electron chi connectivity index (χ4n) is 1.72. The molecule has 0 heterocycles. The number of alkyl halides is 3. The number of halogens is 3. The topological polar surface area (TPSA) is 30.5 Å². The average Bonchev–Trinajstić information content (AvgIpc) is 2.34. The molecule has 3 nitrogen and oxygen atoms in total. The minimum atomic E-state index is -4.65. The summed E-state index contributed by atoms with van der Waals surface area (Å²) in [5.41, 5.74) is 0.949. The van der Waals surface area contributed by atoms with Crippen molar-refractivity contribution in [2.45, 2.75) is 25.2 Å². The zero-order chi connectivity index (χ0) is 14.3. The molecule has 1 aromatic rings. The van der Waals surface area contributed by atoms with E-state index in [0.717, 1.165) is 18.4 Å². The first-order chi connectivity index (χ1) is 8.94. The van der Waals surface area contributed by atoms with Gasteiger partial charge in [0, 0.05) is 19.8 Å². The lowest BCUT2D eigenvalue weighted by Crippen LogP contribution is -2.28. The lowest BCUT2D eigenvalue weighted by atomic mass is 10.0. The van der Waals surface area contributed by atoms with E-state index in [2.05, 4.69) is 10.1 Å². The monoisotopic (exact) mass is 277 g/mol. The van der Waals surface area contributed by atoms with Gasteiger partial charge in [-0.3, -0.25) is 0 Å². The van der Waals surface area contributed by atoms with Gasteiger partial charge in [-0.2, -0.15) is 0 Å². The number of rotatable bonds is 7. The first-order valence-electron chi connectivity index (χ1n) is 5.95. The van der Waals surface area contributed by atoms with E-state index < -0.39 is 6.36 Å². The summed E-state index contributed by atoms with van der Waals surface area (Å²) in [5.74, 6) is -0.200. The molecule has 0 aliphatic heterocycles. The molecule has 0 saturated carbocycles. The Bertz CT molecular complexity index is 365. The van der Waals surface area contributed by atoms with Gasteiger partial charge in [-0.05, 0) is 37.6 Å². The fraction of sp³-hybridized carbons (Fsp3) is 0.538. The van der Waals surface area contributed by atoms with Crippen molar-refractivity contribution in [1.82, 2.24) is 5.32 Å². The molecule has 0 spiro atoms. The van der Waals surface area contributed by atoms with Crippen molar-refractivity contribution in [3.8, 4) is 5.75 Å². The highest BCUT2D eigenvalue weighted by Gasteiger charge is 2.30. The van der Waals surface area contributed by atoms with Crippen molar-refractivity contribution in [1.29, 1.82) is 0 Å². The summed E-state index contributed by atoms with van der Waals surface area (Å²) in [6.45, 7) is 0.640. The van der Waals surface area contributed by atoms with E-state index in [-0.39, 0.29) is 11.8 Å². The van der Waals surface area contributed by atoms with Crippen LogP contribution in [0.1, 0.15) is 12.0 Å². The van der Waals surface area contributed by atoms with Crippen LogP contribution in [0.5, 0.6) is 5.75 Å². The van der Waals surface area contributed by atoms with Crippen LogP contribution in [0.4, 0.5) is 13.2 Å². The molecule has 1 atom stereocenters. The number of hydrogen-bond acceptors (Lipinski definition) is 3. The lowest BCUT2D eigenvalue weighted by Gasteiger charge is -2.16. The molecule has 6 heteroatoms. The highest BCUT2D eigenvalue weighted by molar-refractivity contribution is 5.27. The van der Waals surface area contributed by atoms with Crippen molar-refractivity contribution in [3.05, 3.63) is 29.8 Å². The molecule has 0 aliphatic carbocycles. The number of nitrogens with one attached hydrogen (secondary N) is 1. The zero-order valence-corrected chi connectivity index (χ0v) is 11.0. The number of benzene rings is 1. The lowest BCUT2D eigenvalue weighted by molar-refractivity contribution is -0.274. The van der Waals surface area contributed by atoms with Crippen molar-refractivity contribution in [2.24, 2.45) is 0 Å². The van der Waals surface area contributed by atoms with Crippen molar-refractivity contribution >= 4 is 0 Å². The molecule has 1 unspecified atom stereocenters. The first kappa shape index (κ1) is 15.8. The molecule has 1 aromatic carbocycles. The number of ether oxygens (including phenoxy) is 2. The molecule has 1 N–H and O–H groups in total. The van der Waals surface area contributed by atoms with Crippen LogP contribution in [0.3, 0.4) is 0 Å². The van der Waals surface area contributed by atoms with Gasteiger partial charge >= 0.3 is 6.36 Å². The van der Waals surface area contributed by atoms with E-state index in [4.69, 9.17) is 4.74 Å². The van der Waals surface area contributed by atoms with Crippen LogP contribution in [0.15, 0.2) is 24.3 Å². The molecule has 0 saturated heterocycles. The molecule has 0 aromatic heterocycles. The van der Waals surface area contributed by atoms with Gasteiger partial charge in [-0.1, -0.05) is 12.1 Å². The quantitative estimate of drug-likeness (QED) is 0.831. The maximum atomic E-state index is 12.0. The van der Waals surface area contributed by atoms with Gasteiger partial charge in [0.25, 0.3) is 0 Å². The third kappa shape index (κ3) is 6.45. The van der Waals surface area contributed by atoms with E-state index in [1.165, 1.54) is 12.1 Å². The van der Waals surface area contributed by atoms with Crippen molar-refractivity contribution < 1.29 is 22.6 Å². The summed E-state index contributed by atoms with van der Waals surface area (Å²) in [5, 5.41) is 3.15. The summed E-state index contributed by atoms with van der Waals surface area (Å²) in [7, 11) is 3.48. The molecular weight excluding hydrogens is 259 g/mol. The third-order valence-electron chi connectivity index (χ3n) is 2.72. The molecule has 19 heavy (non-hydrogen) atoms.